The van der Waals surface area contributed by atoms with E-state index in [1.54, 1.807) is 0 Å². The van der Waals surface area contributed by atoms with Gasteiger partial charge in [-0.1, -0.05) is 0 Å². The first-order chi connectivity index (χ1) is 2.93. The molecule has 0 aromatic carbocycles. The molecule has 2 heteroatoms. The third-order valence-electron chi connectivity index (χ3n) is 0.744. The summed E-state index contributed by atoms with van der Waals surface area (Å²) in [5, 5.41) is 3.90. The summed E-state index contributed by atoms with van der Waals surface area (Å²) < 4.78 is 0. The second-order valence-corrected chi connectivity index (χ2v) is 1.40. The average molecular weight is 84.1 g/mol. The minimum atomic E-state index is 1.21. The van der Waals surface area contributed by atoms with Crippen LogP contribution < -0.4 is 5.43 Å². The van der Waals surface area contributed by atoms with Crippen LogP contribution in [-0.4, -0.2) is 12.8 Å². The highest BCUT2D eigenvalue weighted by molar-refractivity contribution is 5.97. The van der Waals surface area contributed by atoms with E-state index in [4.69, 9.17) is 0 Å². The van der Waals surface area contributed by atoms with E-state index >= 15 is 0 Å². The van der Waals surface area contributed by atoms with Gasteiger partial charge >= 0.3 is 0 Å². The van der Waals surface area contributed by atoms with Crippen molar-refractivity contribution in [2.45, 2.75) is 12.8 Å². The summed E-state index contributed by atoms with van der Waals surface area (Å²) >= 11 is 0. The molecule has 0 spiro atoms. The molecule has 1 aliphatic carbocycles. The Morgan fingerprint density at radius 2 is 2.33 bits per heavy atom. The second kappa shape index (κ2) is 1.29. The summed E-state index contributed by atoms with van der Waals surface area (Å²) in [4.78, 5) is 0. The second-order valence-electron chi connectivity index (χ2n) is 1.40. The molecule has 0 amide bonds. The third-order valence-corrected chi connectivity index (χ3v) is 0.744. The molecular formula is C4H8N2. The Kier molecular flexibility index (Phi) is 0.783. The molecule has 0 bridgehead atoms. The topological polar surface area (TPSA) is 24.4 Å². The highest BCUT2D eigenvalue weighted by atomic mass is 15.3. The molecular weight excluding hydrogens is 76.1 g/mol. The van der Waals surface area contributed by atoms with Crippen LogP contribution in [0.4, 0.5) is 0 Å². The van der Waals surface area contributed by atoms with Crippen molar-refractivity contribution in [1.82, 2.24) is 5.43 Å². The summed E-state index contributed by atoms with van der Waals surface area (Å²) in [6.45, 7) is 0. The van der Waals surface area contributed by atoms with Crippen molar-refractivity contribution in [2.24, 2.45) is 5.10 Å². The van der Waals surface area contributed by atoms with Crippen LogP contribution in [0.2, 0.25) is 0 Å². The zero-order valence-corrected chi connectivity index (χ0v) is 3.86. The Morgan fingerprint density at radius 3 is 2.50 bits per heavy atom. The lowest BCUT2D eigenvalue weighted by molar-refractivity contribution is 0.905. The lowest BCUT2D eigenvalue weighted by atomic mass is 10.9. The van der Waals surface area contributed by atoms with Crippen LogP contribution in [0.15, 0.2) is 5.10 Å². The van der Waals surface area contributed by atoms with Crippen LogP contribution in [0.5, 0.6) is 0 Å². The van der Waals surface area contributed by atoms with Crippen LogP contribution >= 0.6 is 0 Å². The molecule has 0 aromatic heterocycles. The average Bonchev–Trinajstić information content (AvgIpc) is 2.21. The third kappa shape index (κ3) is 0.708. The smallest absolute Gasteiger partial charge is 0.0385 e. The lowest BCUT2D eigenvalue weighted by Crippen LogP contribution is -1.92. The maximum absolute atomic E-state index is 3.90. The Hall–Kier alpha value is -0.530. The Labute approximate surface area is 37.2 Å². The molecule has 1 aliphatic rings. The van der Waals surface area contributed by atoms with E-state index in [0.717, 1.165) is 0 Å². The quantitative estimate of drug-likeness (QED) is 0.456. The van der Waals surface area contributed by atoms with Gasteiger partial charge in [0.15, 0.2) is 0 Å². The molecule has 0 heterocycles. The van der Waals surface area contributed by atoms with Crippen molar-refractivity contribution in [1.29, 1.82) is 0 Å². The monoisotopic (exact) mass is 84.1 g/mol. The fourth-order valence-corrected chi connectivity index (χ4v) is 0.326. The molecule has 1 saturated carbocycles. The maximum Gasteiger partial charge on any atom is 0.0385 e. The van der Waals surface area contributed by atoms with Crippen LogP contribution in [0, 0.1) is 0 Å². The lowest BCUT2D eigenvalue weighted by Gasteiger charge is -1.77. The fraction of sp³-hybridized carbons (Fsp3) is 0.750. The Balaban J connectivity index is 2.24. The van der Waals surface area contributed by atoms with Crippen molar-refractivity contribution in [3.8, 4) is 0 Å². The highest BCUT2D eigenvalue weighted by Crippen LogP contribution is 2.12. The molecule has 1 rings (SSSR count). The van der Waals surface area contributed by atoms with Gasteiger partial charge < -0.3 is 5.43 Å². The van der Waals surface area contributed by atoms with Gasteiger partial charge in [0.2, 0.25) is 0 Å². The van der Waals surface area contributed by atoms with Gasteiger partial charge in [-0.3, -0.25) is 0 Å². The van der Waals surface area contributed by atoms with Gasteiger partial charge in [0.05, 0.1) is 0 Å². The summed E-state index contributed by atoms with van der Waals surface area (Å²) in [6.07, 6.45) is 2.42. The Bertz CT molecular complexity index is 69.6. The molecule has 0 atom stereocenters. The van der Waals surface area contributed by atoms with Gasteiger partial charge in [-0.2, -0.15) is 5.10 Å². The minimum absolute atomic E-state index is 1.21. The molecule has 1 N–H and O–H groups in total. The van der Waals surface area contributed by atoms with E-state index in [1.165, 1.54) is 18.6 Å². The van der Waals surface area contributed by atoms with Crippen LogP contribution in [0.25, 0.3) is 0 Å². The van der Waals surface area contributed by atoms with E-state index in [1.807, 2.05) is 7.05 Å². The van der Waals surface area contributed by atoms with E-state index < -0.39 is 0 Å². The van der Waals surface area contributed by atoms with Gasteiger partial charge in [0, 0.05) is 12.8 Å². The van der Waals surface area contributed by atoms with E-state index in [9.17, 15) is 0 Å². The van der Waals surface area contributed by atoms with Gasteiger partial charge in [-0.25, -0.2) is 0 Å². The molecule has 34 valence electrons. The fourth-order valence-electron chi connectivity index (χ4n) is 0.326. The van der Waals surface area contributed by atoms with Crippen LogP contribution in [0.3, 0.4) is 0 Å². The van der Waals surface area contributed by atoms with Gasteiger partial charge in [-0.05, 0) is 12.8 Å². The van der Waals surface area contributed by atoms with E-state index in [0.29, 0.717) is 0 Å². The van der Waals surface area contributed by atoms with E-state index in [-0.39, 0.29) is 0 Å². The first kappa shape index (κ1) is 3.65. The number of nitrogens with one attached hydrogen (secondary N) is 1. The van der Waals surface area contributed by atoms with Crippen LogP contribution in [0.1, 0.15) is 12.8 Å². The van der Waals surface area contributed by atoms with Gasteiger partial charge in [-0.15, -0.1) is 0 Å². The molecule has 0 aliphatic heterocycles. The summed E-state index contributed by atoms with van der Waals surface area (Å²) in [6, 6.07) is 0. The highest BCUT2D eigenvalue weighted by Gasteiger charge is 2.11. The number of hydrogen-bond donors (Lipinski definition) is 1. The summed E-state index contributed by atoms with van der Waals surface area (Å²) in [5.74, 6) is 0. The largest absolute Gasteiger partial charge is 0.313 e. The number of hydrogen-bond acceptors (Lipinski definition) is 2. The molecule has 0 aromatic rings. The normalized spacial score (nSPS) is 17.2. The SMILES string of the molecule is CNN=C1CC1. The molecule has 2 nitrogen and oxygen atoms in total. The van der Waals surface area contributed by atoms with Gasteiger partial charge in [0.25, 0.3) is 0 Å². The minimum Gasteiger partial charge on any atom is -0.313 e. The number of rotatable bonds is 1. The van der Waals surface area contributed by atoms with Crippen molar-refractivity contribution in [3.63, 3.8) is 0 Å². The summed E-state index contributed by atoms with van der Waals surface area (Å²) in [7, 11) is 1.82. The first-order valence-corrected chi connectivity index (χ1v) is 2.15. The Morgan fingerprint density at radius 1 is 1.67 bits per heavy atom. The van der Waals surface area contributed by atoms with Crippen molar-refractivity contribution in [3.05, 3.63) is 0 Å². The number of nitrogens with zero attached hydrogens (tertiary/aromatic N) is 1. The van der Waals surface area contributed by atoms with Crippen molar-refractivity contribution in [2.75, 3.05) is 7.05 Å². The molecule has 0 saturated heterocycles. The molecule has 6 heavy (non-hydrogen) atoms. The maximum atomic E-state index is 3.90. The van der Waals surface area contributed by atoms with Crippen LogP contribution in [-0.2, 0) is 0 Å². The van der Waals surface area contributed by atoms with E-state index in [2.05, 4.69) is 10.5 Å². The standard InChI is InChI=1S/C4H8N2/c1-5-6-4-2-3-4/h5H,2-3H2,1H3. The van der Waals surface area contributed by atoms with Gasteiger partial charge in [0.1, 0.15) is 0 Å². The predicted molar refractivity (Wildman–Crippen MR) is 25.7 cm³/mol. The predicted octanol–water partition coefficient (Wildman–Crippen LogP) is 0.356. The molecule has 0 unspecified atom stereocenters. The summed E-state index contributed by atoms with van der Waals surface area (Å²) in [5.41, 5.74) is 4.02. The zero-order chi connectivity index (χ0) is 4.41. The zero-order valence-electron chi connectivity index (χ0n) is 3.86. The van der Waals surface area contributed by atoms with Crippen molar-refractivity contribution < 1.29 is 0 Å². The molecule has 0 radical (unpaired) electrons. The first-order valence-electron chi connectivity index (χ1n) is 2.15. The number of hydrazone groups is 1. The molecule has 1 fully saturated rings. The van der Waals surface area contributed by atoms with Crippen molar-refractivity contribution >= 4 is 5.71 Å².